The highest BCUT2D eigenvalue weighted by atomic mass is 35.5. The number of hydrogen-bond donors (Lipinski definition) is 1. The predicted octanol–water partition coefficient (Wildman–Crippen LogP) is 1.71. The van der Waals surface area contributed by atoms with E-state index in [4.69, 9.17) is 15.7 Å². The maximum atomic E-state index is 5.32. The summed E-state index contributed by atoms with van der Waals surface area (Å²) >= 11 is 0. The van der Waals surface area contributed by atoms with Crippen LogP contribution in [0, 0.1) is 12.3 Å². The first-order valence-corrected chi connectivity index (χ1v) is 5.08. The maximum Gasteiger partial charge on any atom is 0.259 e. The van der Waals surface area contributed by atoms with Gasteiger partial charge in [-0.3, -0.25) is 0 Å². The summed E-state index contributed by atoms with van der Waals surface area (Å²) in [7, 11) is 0. The zero-order valence-electron chi connectivity index (χ0n) is 9.16. The second kappa shape index (κ2) is 5.78. The molecular formula is C11H15ClN2O2. The topological polar surface area (TPSA) is 47.3 Å². The van der Waals surface area contributed by atoms with E-state index in [1.165, 1.54) is 0 Å². The number of halogens is 1. The molecule has 1 aromatic rings. The van der Waals surface area contributed by atoms with Crippen molar-refractivity contribution in [2.24, 2.45) is 0 Å². The molecule has 0 radical (unpaired) electrons. The van der Waals surface area contributed by atoms with E-state index in [0.717, 1.165) is 30.8 Å². The lowest BCUT2D eigenvalue weighted by atomic mass is 10.0. The molecule has 1 atom stereocenters. The summed E-state index contributed by atoms with van der Waals surface area (Å²) in [5, 5.41) is 7.20. The van der Waals surface area contributed by atoms with E-state index in [1.807, 2.05) is 0 Å². The van der Waals surface area contributed by atoms with Crippen molar-refractivity contribution < 1.29 is 9.26 Å². The number of ether oxygens (including phenoxy) is 1. The number of hydrogen-bond acceptors (Lipinski definition) is 4. The van der Waals surface area contributed by atoms with Crippen LogP contribution in [0.25, 0.3) is 0 Å². The van der Waals surface area contributed by atoms with Crippen molar-refractivity contribution in [2.75, 3.05) is 13.2 Å². The van der Waals surface area contributed by atoms with Crippen molar-refractivity contribution in [1.82, 2.24) is 10.5 Å². The van der Waals surface area contributed by atoms with Gasteiger partial charge in [-0.05, 0) is 18.1 Å². The lowest BCUT2D eigenvalue weighted by Crippen LogP contribution is -2.13. The number of nitrogens with zero attached hydrogens (tertiary/aromatic N) is 1. The molecule has 1 aromatic heterocycles. The van der Waals surface area contributed by atoms with Crippen LogP contribution in [0.5, 0.6) is 5.88 Å². The fraction of sp³-hybridized carbons (Fsp3) is 0.545. The highest BCUT2D eigenvalue weighted by molar-refractivity contribution is 5.85. The Hall–Kier alpha value is -1.18. The number of terminal acetylenes is 1. The summed E-state index contributed by atoms with van der Waals surface area (Å²) in [6.07, 6.45) is 6.18. The largest absolute Gasteiger partial charge is 0.462 e. The lowest BCUT2D eigenvalue weighted by Gasteiger charge is -2.02. The number of aromatic nitrogens is 1. The Morgan fingerprint density at radius 2 is 2.50 bits per heavy atom. The third kappa shape index (κ3) is 2.49. The summed E-state index contributed by atoms with van der Waals surface area (Å²) in [5.74, 6) is 4.25. The molecular weight excluding hydrogens is 228 g/mol. The molecule has 5 heteroatoms. The number of fused-ring (bicyclic) bond motifs is 1. The number of nitrogens with one attached hydrogen (secondary N) is 1. The van der Waals surface area contributed by atoms with Crippen LogP contribution >= 0.6 is 12.4 Å². The normalized spacial score (nSPS) is 18.9. The zero-order chi connectivity index (χ0) is 10.7. The number of rotatable bonds is 2. The van der Waals surface area contributed by atoms with Gasteiger partial charge < -0.3 is 14.6 Å². The van der Waals surface area contributed by atoms with E-state index in [9.17, 15) is 0 Å². The van der Waals surface area contributed by atoms with Crippen LogP contribution in [0.15, 0.2) is 4.52 Å². The highest BCUT2D eigenvalue weighted by Crippen LogP contribution is 2.31. The summed E-state index contributed by atoms with van der Waals surface area (Å²) in [6, 6.07) is 0. The molecule has 1 aliphatic heterocycles. The van der Waals surface area contributed by atoms with Gasteiger partial charge in [-0.2, -0.15) is 0 Å². The van der Waals surface area contributed by atoms with Crippen LogP contribution in [0.4, 0.5) is 0 Å². The highest BCUT2D eigenvalue weighted by Gasteiger charge is 2.23. The van der Waals surface area contributed by atoms with Gasteiger partial charge in [-0.1, -0.05) is 12.8 Å². The summed E-state index contributed by atoms with van der Waals surface area (Å²) in [4.78, 5) is 0. The first kappa shape index (κ1) is 12.9. The van der Waals surface area contributed by atoms with Gasteiger partial charge in [0.1, 0.15) is 5.76 Å². The Bertz CT molecular complexity index is 384. The summed E-state index contributed by atoms with van der Waals surface area (Å²) in [5.41, 5.74) is 1.01. The standard InChI is InChI=1S/C11H14N2O2.ClH/c1-3-6-14-11-9-7-12-5-4-8(2)10(9)15-13-11;/h1,8,12H,4-7H2,2H3;1H. The van der Waals surface area contributed by atoms with Gasteiger partial charge in [0.15, 0.2) is 6.61 Å². The smallest absolute Gasteiger partial charge is 0.259 e. The minimum atomic E-state index is 0. The lowest BCUT2D eigenvalue weighted by molar-refractivity contribution is 0.299. The van der Waals surface area contributed by atoms with Crippen LogP contribution in [0.1, 0.15) is 30.6 Å². The van der Waals surface area contributed by atoms with Crippen LogP contribution in [-0.4, -0.2) is 18.3 Å². The molecule has 0 spiro atoms. The quantitative estimate of drug-likeness (QED) is 0.802. The van der Waals surface area contributed by atoms with Gasteiger partial charge in [-0.25, -0.2) is 0 Å². The molecule has 1 aliphatic rings. The monoisotopic (exact) mass is 242 g/mol. The van der Waals surface area contributed by atoms with E-state index in [0.29, 0.717) is 11.8 Å². The van der Waals surface area contributed by atoms with Crippen LogP contribution < -0.4 is 10.1 Å². The van der Waals surface area contributed by atoms with Gasteiger partial charge >= 0.3 is 0 Å². The molecule has 0 bridgehead atoms. The van der Waals surface area contributed by atoms with Crippen molar-refractivity contribution in [3.8, 4) is 18.2 Å². The molecule has 0 aromatic carbocycles. The molecule has 88 valence electrons. The van der Waals surface area contributed by atoms with E-state index in [-0.39, 0.29) is 19.0 Å². The Kier molecular flexibility index (Phi) is 4.66. The molecule has 0 aliphatic carbocycles. The van der Waals surface area contributed by atoms with Gasteiger partial charge in [-0.15, -0.1) is 18.8 Å². The molecule has 0 fully saturated rings. The maximum absolute atomic E-state index is 5.32. The van der Waals surface area contributed by atoms with Crippen LogP contribution in [0.3, 0.4) is 0 Å². The first-order valence-electron chi connectivity index (χ1n) is 5.08. The van der Waals surface area contributed by atoms with Crippen molar-refractivity contribution in [2.45, 2.75) is 25.8 Å². The van der Waals surface area contributed by atoms with E-state index >= 15 is 0 Å². The molecule has 0 saturated heterocycles. The van der Waals surface area contributed by atoms with Gasteiger partial charge in [0.05, 0.1) is 5.56 Å². The minimum absolute atomic E-state index is 0. The zero-order valence-corrected chi connectivity index (χ0v) is 9.97. The fourth-order valence-corrected chi connectivity index (χ4v) is 1.74. The van der Waals surface area contributed by atoms with E-state index < -0.39 is 0 Å². The molecule has 1 N–H and O–H groups in total. The van der Waals surface area contributed by atoms with Crippen LogP contribution in [-0.2, 0) is 6.54 Å². The van der Waals surface area contributed by atoms with Crippen molar-refractivity contribution in [3.05, 3.63) is 11.3 Å². The molecule has 0 amide bonds. The Morgan fingerprint density at radius 1 is 1.69 bits per heavy atom. The summed E-state index contributed by atoms with van der Waals surface area (Å²) < 4.78 is 10.6. The second-order valence-electron chi connectivity index (χ2n) is 3.69. The average Bonchev–Trinajstić information content (AvgIpc) is 2.55. The average molecular weight is 243 g/mol. The van der Waals surface area contributed by atoms with Gasteiger partial charge in [0.2, 0.25) is 0 Å². The van der Waals surface area contributed by atoms with Crippen molar-refractivity contribution in [1.29, 1.82) is 0 Å². The molecule has 2 heterocycles. The third-order valence-corrected chi connectivity index (χ3v) is 2.58. The van der Waals surface area contributed by atoms with Gasteiger partial charge in [0, 0.05) is 12.5 Å². The molecule has 2 rings (SSSR count). The first-order chi connectivity index (χ1) is 7.33. The van der Waals surface area contributed by atoms with Crippen LogP contribution in [0.2, 0.25) is 0 Å². The SMILES string of the molecule is C#CCOc1noc2c1CNCCC2C.Cl. The summed E-state index contributed by atoms with van der Waals surface area (Å²) in [6.45, 7) is 4.08. The van der Waals surface area contributed by atoms with Crippen molar-refractivity contribution in [3.63, 3.8) is 0 Å². The minimum Gasteiger partial charge on any atom is -0.462 e. The van der Waals surface area contributed by atoms with Crippen molar-refractivity contribution >= 4 is 12.4 Å². The second-order valence-corrected chi connectivity index (χ2v) is 3.69. The molecule has 1 unspecified atom stereocenters. The molecule has 16 heavy (non-hydrogen) atoms. The van der Waals surface area contributed by atoms with E-state index in [1.54, 1.807) is 0 Å². The molecule has 0 saturated carbocycles. The predicted molar refractivity (Wildman–Crippen MR) is 62.8 cm³/mol. The Balaban J connectivity index is 0.00000128. The Labute approximate surface area is 101 Å². The fourth-order valence-electron chi connectivity index (χ4n) is 1.74. The van der Waals surface area contributed by atoms with E-state index in [2.05, 4.69) is 23.3 Å². The third-order valence-electron chi connectivity index (χ3n) is 2.58. The van der Waals surface area contributed by atoms with Gasteiger partial charge in [0.25, 0.3) is 5.88 Å². The Morgan fingerprint density at radius 3 is 3.25 bits per heavy atom. The molecule has 4 nitrogen and oxygen atoms in total.